The fourth-order valence-electron chi connectivity index (χ4n) is 2.02. The lowest BCUT2D eigenvalue weighted by Gasteiger charge is -2.19. The van der Waals surface area contributed by atoms with Gasteiger partial charge in [0.25, 0.3) is 0 Å². The van der Waals surface area contributed by atoms with E-state index in [2.05, 4.69) is 41.3 Å². The van der Waals surface area contributed by atoms with Gasteiger partial charge in [-0.2, -0.15) is 9.90 Å². The fraction of sp³-hybridized carbons (Fsp3) is 0.667. The molecule has 0 amide bonds. The number of aromatic nitrogens is 6. The van der Waals surface area contributed by atoms with Crippen LogP contribution in [0.25, 0.3) is 0 Å². The zero-order chi connectivity index (χ0) is 14.2. The highest BCUT2D eigenvalue weighted by molar-refractivity contribution is 5.26. The molecule has 7 nitrogen and oxygen atoms in total. The molecule has 0 saturated carbocycles. The van der Waals surface area contributed by atoms with Crippen LogP contribution in [0.2, 0.25) is 0 Å². The van der Waals surface area contributed by atoms with Crippen LogP contribution in [0.15, 0.2) is 6.20 Å². The summed E-state index contributed by atoms with van der Waals surface area (Å²) in [7, 11) is 3.56. The van der Waals surface area contributed by atoms with Gasteiger partial charge in [-0.25, -0.2) is 0 Å². The third-order valence-corrected chi connectivity index (χ3v) is 2.85. The molecule has 0 spiro atoms. The van der Waals surface area contributed by atoms with E-state index in [-0.39, 0.29) is 5.41 Å². The van der Waals surface area contributed by atoms with Gasteiger partial charge in [0.05, 0.1) is 18.8 Å². The van der Waals surface area contributed by atoms with Gasteiger partial charge in [-0.1, -0.05) is 20.8 Å². The van der Waals surface area contributed by atoms with Crippen molar-refractivity contribution in [3.63, 3.8) is 0 Å². The number of aliphatic hydroxyl groups is 1. The molecule has 19 heavy (non-hydrogen) atoms. The van der Waals surface area contributed by atoms with Gasteiger partial charge in [-0.05, 0) is 5.21 Å². The number of hydrogen-bond acceptors (Lipinski definition) is 5. The molecule has 0 bridgehead atoms. The van der Waals surface area contributed by atoms with Crippen molar-refractivity contribution in [1.29, 1.82) is 0 Å². The van der Waals surface area contributed by atoms with Gasteiger partial charge in [0, 0.05) is 30.6 Å². The van der Waals surface area contributed by atoms with Crippen LogP contribution in [-0.2, 0) is 25.9 Å². The number of tetrazole rings is 1. The Morgan fingerprint density at radius 3 is 2.47 bits per heavy atom. The molecule has 1 unspecified atom stereocenters. The second-order valence-corrected chi connectivity index (χ2v) is 5.77. The molecule has 2 aromatic heterocycles. The van der Waals surface area contributed by atoms with Crippen molar-refractivity contribution in [3.8, 4) is 0 Å². The Labute approximate surface area is 112 Å². The summed E-state index contributed by atoms with van der Waals surface area (Å²) in [5.74, 6) is 0.527. The fourth-order valence-corrected chi connectivity index (χ4v) is 2.02. The van der Waals surface area contributed by atoms with Gasteiger partial charge in [0.2, 0.25) is 0 Å². The van der Waals surface area contributed by atoms with Crippen LogP contribution in [0.1, 0.15) is 44.0 Å². The van der Waals surface area contributed by atoms with Crippen LogP contribution in [0.5, 0.6) is 0 Å². The monoisotopic (exact) mass is 264 g/mol. The zero-order valence-electron chi connectivity index (χ0n) is 12.0. The highest BCUT2D eigenvalue weighted by Crippen LogP contribution is 2.29. The number of aryl methyl sites for hydroxylation is 2. The van der Waals surface area contributed by atoms with Crippen LogP contribution in [-0.4, -0.2) is 35.1 Å². The summed E-state index contributed by atoms with van der Waals surface area (Å²) >= 11 is 0. The highest BCUT2D eigenvalue weighted by atomic mass is 16.3. The molecule has 2 aromatic rings. The normalized spacial score (nSPS) is 13.8. The Kier molecular flexibility index (Phi) is 3.40. The van der Waals surface area contributed by atoms with E-state index < -0.39 is 6.10 Å². The molecular formula is C12H20N6O. The van der Waals surface area contributed by atoms with Gasteiger partial charge >= 0.3 is 0 Å². The van der Waals surface area contributed by atoms with Gasteiger partial charge < -0.3 is 5.11 Å². The molecule has 7 heteroatoms. The molecule has 104 valence electrons. The Balaban J connectivity index is 2.26. The molecule has 0 fully saturated rings. The molecule has 2 rings (SSSR count). The van der Waals surface area contributed by atoms with E-state index in [1.807, 2.05) is 13.2 Å². The van der Waals surface area contributed by atoms with E-state index in [9.17, 15) is 5.11 Å². The van der Waals surface area contributed by atoms with Crippen LogP contribution in [0.3, 0.4) is 0 Å². The Morgan fingerprint density at radius 2 is 1.95 bits per heavy atom. The Morgan fingerprint density at radius 1 is 1.26 bits per heavy atom. The summed E-state index contributed by atoms with van der Waals surface area (Å²) in [4.78, 5) is 1.38. The summed E-state index contributed by atoms with van der Waals surface area (Å²) < 4.78 is 1.73. The molecule has 0 saturated heterocycles. The van der Waals surface area contributed by atoms with E-state index >= 15 is 0 Å². The van der Waals surface area contributed by atoms with Crippen LogP contribution in [0, 0.1) is 0 Å². The average Bonchev–Trinajstić information content (AvgIpc) is 2.84. The summed E-state index contributed by atoms with van der Waals surface area (Å²) in [5.41, 5.74) is 1.60. The third kappa shape index (κ3) is 2.98. The first-order valence-electron chi connectivity index (χ1n) is 6.22. The summed E-state index contributed by atoms with van der Waals surface area (Å²) in [5, 5.41) is 26.6. The maximum atomic E-state index is 10.4. The second-order valence-electron chi connectivity index (χ2n) is 5.77. The first-order chi connectivity index (χ1) is 8.77. The molecular weight excluding hydrogens is 244 g/mol. The number of nitrogens with zero attached hydrogens (tertiary/aromatic N) is 6. The number of aliphatic hydroxyl groups excluding tert-OH is 1. The van der Waals surface area contributed by atoms with E-state index in [0.29, 0.717) is 12.2 Å². The number of hydrogen-bond donors (Lipinski definition) is 1. The lowest BCUT2D eigenvalue weighted by molar-refractivity contribution is 0.173. The van der Waals surface area contributed by atoms with Crippen molar-refractivity contribution in [2.75, 3.05) is 0 Å². The van der Waals surface area contributed by atoms with Crippen molar-refractivity contribution in [2.24, 2.45) is 14.1 Å². The largest absolute Gasteiger partial charge is 0.388 e. The summed E-state index contributed by atoms with van der Waals surface area (Å²) in [6, 6.07) is 0. The molecule has 2 heterocycles. The second kappa shape index (κ2) is 4.73. The average molecular weight is 264 g/mol. The summed E-state index contributed by atoms with van der Waals surface area (Å²) in [6.45, 7) is 6.23. The quantitative estimate of drug-likeness (QED) is 0.874. The molecule has 0 aliphatic heterocycles. The zero-order valence-corrected chi connectivity index (χ0v) is 12.0. The highest BCUT2D eigenvalue weighted by Gasteiger charge is 2.26. The molecule has 0 radical (unpaired) electrons. The topological polar surface area (TPSA) is 81.6 Å². The van der Waals surface area contributed by atoms with Crippen molar-refractivity contribution >= 4 is 0 Å². The summed E-state index contributed by atoms with van der Waals surface area (Å²) in [6.07, 6.45) is 1.51. The Bertz CT molecular complexity index is 565. The van der Waals surface area contributed by atoms with E-state index in [4.69, 9.17) is 0 Å². The first-order valence-corrected chi connectivity index (χ1v) is 6.22. The smallest absolute Gasteiger partial charge is 0.177 e. The molecule has 1 atom stereocenters. The van der Waals surface area contributed by atoms with E-state index in [0.717, 1.165) is 11.3 Å². The van der Waals surface area contributed by atoms with Crippen molar-refractivity contribution in [3.05, 3.63) is 23.3 Å². The van der Waals surface area contributed by atoms with Crippen LogP contribution < -0.4 is 0 Å². The van der Waals surface area contributed by atoms with Crippen molar-refractivity contribution in [2.45, 2.75) is 38.7 Å². The minimum absolute atomic E-state index is 0.118. The molecule has 0 aromatic carbocycles. The molecule has 0 aliphatic carbocycles. The van der Waals surface area contributed by atoms with Gasteiger partial charge in [0.15, 0.2) is 5.82 Å². The SMILES string of the molecule is Cn1cc(C(O)Cc2nnn(C)n2)c(C(C)(C)C)n1. The third-order valence-electron chi connectivity index (χ3n) is 2.85. The van der Waals surface area contributed by atoms with Crippen LogP contribution in [0.4, 0.5) is 0 Å². The lowest BCUT2D eigenvalue weighted by Crippen LogP contribution is -2.17. The maximum absolute atomic E-state index is 10.4. The first kappa shape index (κ1) is 13.7. The minimum Gasteiger partial charge on any atom is -0.388 e. The minimum atomic E-state index is -0.674. The molecule has 1 N–H and O–H groups in total. The van der Waals surface area contributed by atoms with Gasteiger partial charge in [-0.15, -0.1) is 10.2 Å². The Hall–Kier alpha value is -1.76. The maximum Gasteiger partial charge on any atom is 0.177 e. The van der Waals surface area contributed by atoms with Crippen molar-refractivity contribution < 1.29 is 5.11 Å². The molecule has 0 aliphatic rings. The van der Waals surface area contributed by atoms with E-state index in [1.54, 1.807) is 11.7 Å². The van der Waals surface area contributed by atoms with Gasteiger partial charge in [-0.3, -0.25) is 4.68 Å². The van der Waals surface area contributed by atoms with Crippen molar-refractivity contribution in [1.82, 2.24) is 30.0 Å². The lowest BCUT2D eigenvalue weighted by atomic mass is 9.87. The number of rotatable bonds is 3. The standard InChI is InChI=1S/C12H20N6O/c1-12(2,3)11-8(7-17(4)15-11)9(19)6-10-13-16-18(5)14-10/h7,9,19H,6H2,1-5H3. The van der Waals surface area contributed by atoms with Crippen LogP contribution >= 0.6 is 0 Å². The van der Waals surface area contributed by atoms with E-state index in [1.165, 1.54) is 4.80 Å². The predicted molar refractivity (Wildman–Crippen MR) is 69.4 cm³/mol. The predicted octanol–water partition coefficient (Wildman–Crippen LogP) is 0.517. The van der Waals surface area contributed by atoms with Gasteiger partial charge in [0.1, 0.15) is 0 Å².